The zero-order valence-corrected chi connectivity index (χ0v) is 15.2. The Morgan fingerprint density at radius 3 is 2.56 bits per heavy atom. The molecule has 3 N–H and O–H groups in total. The predicted molar refractivity (Wildman–Crippen MR) is 97.7 cm³/mol. The van der Waals surface area contributed by atoms with Gasteiger partial charge in [0.2, 0.25) is 11.6 Å². The maximum atomic E-state index is 10.3. The first-order chi connectivity index (χ1) is 12.9. The van der Waals surface area contributed by atoms with Crippen LogP contribution < -0.4 is 0 Å². The fourth-order valence-corrected chi connectivity index (χ4v) is 2.50. The highest BCUT2D eigenvalue weighted by Crippen LogP contribution is 2.39. The number of benzene rings is 1. The van der Waals surface area contributed by atoms with Gasteiger partial charge in [-0.25, -0.2) is 0 Å². The van der Waals surface area contributed by atoms with Crippen LogP contribution in [-0.2, 0) is 5.41 Å². The Kier molecular flexibility index (Phi) is 4.64. The molecule has 9 heteroatoms. The lowest BCUT2D eigenvalue weighted by Gasteiger charge is -2.19. The van der Waals surface area contributed by atoms with Gasteiger partial charge in [0.1, 0.15) is 11.6 Å². The Labute approximate surface area is 155 Å². The first-order valence-corrected chi connectivity index (χ1v) is 8.36. The van der Waals surface area contributed by atoms with E-state index in [4.69, 9.17) is 0 Å². The topological polar surface area (TPSA) is 135 Å². The minimum absolute atomic E-state index is 0.153. The van der Waals surface area contributed by atoms with Crippen molar-refractivity contribution < 1.29 is 10.2 Å². The third-order valence-electron chi connectivity index (χ3n) is 4.45. The molecule has 2 aromatic heterocycles. The van der Waals surface area contributed by atoms with E-state index in [1.807, 2.05) is 26.8 Å². The number of azo groups is 1. The summed E-state index contributed by atoms with van der Waals surface area (Å²) in [4.78, 5) is 0. The van der Waals surface area contributed by atoms with Crippen molar-refractivity contribution in [1.82, 2.24) is 20.0 Å². The number of aromatic hydroxyl groups is 2. The molecule has 0 saturated heterocycles. The van der Waals surface area contributed by atoms with E-state index in [1.165, 1.54) is 0 Å². The number of para-hydroxylation sites is 1. The third-order valence-corrected chi connectivity index (χ3v) is 4.45. The predicted octanol–water partition coefficient (Wildman–Crippen LogP) is 3.98. The number of aromatic amines is 1. The highest BCUT2D eigenvalue weighted by Gasteiger charge is 2.27. The summed E-state index contributed by atoms with van der Waals surface area (Å²) in [6.07, 6.45) is 0.786. The van der Waals surface area contributed by atoms with Crippen molar-refractivity contribution >= 4 is 11.5 Å². The maximum Gasteiger partial charge on any atom is 0.263 e. The van der Waals surface area contributed by atoms with Gasteiger partial charge in [-0.1, -0.05) is 39.0 Å². The van der Waals surface area contributed by atoms with E-state index in [2.05, 4.69) is 31.6 Å². The Hall–Kier alpha value is -3.67. The molecule has 0 radical (unpaired) electrons. The Balaban J connectivity index is 1.99. The monoisotopic (exact) mass is 365 g/mol. The number of nitrogens with zero attached hydrogens (tertiary/aromatic N) is 6. The average Bonchev–Trinajstić information content (AvgIpc) is 3.22. The van der Waals surface area contributed by atoms with E-state index in [0.29, 0.717) is 11.4 Å². The minimum Gasteiger partial charge on any atom is -0.492 e. The van der Waals surface area contributed by atoms with Crippen LogP contribution in [0.15, 0.2) is 40.6 Å². The van der Waals surface area contributed by atoms with Crippen molar-refractivity contribution in [2.24, 2.45) is 10.2 Å². The SMILES string of the molecule is CCC(C)(C)c1n[nH]c(/N=N/c2c(O)nn(-c3ccccc3)c2O)c1C#N. The fraction of sp³-hybridized carbons (Fsp3) is 0.278. The van der Waals surface area contributed by atoms with Gasteiger partial charge in [0.25, 0.3) is 5.88 Å². The van der Waals surface area contributed by atoms with Crippen LogP contribution in [0, 0.1) is 11.3 Å². The van der Waals surface area contributed by atoms with E-state index in [0.717, 1.165) is 11.1 Å². The van der Waals surface area contributed by atoms with Crippen molar-refractivity contribution in [2.45, 2.75) is 32.6 Å². The third kappa shape index (κ3) is 3.25. The normalized spacial score (nSPS) is 11.8. The maximum absolute atomic E-state index is 10.3. The molecule has 0 fully saturated rings. The van der Waals surface area contributed by atoms with Crippen molar-refractivity contribution in [3.8, 4) is 23.5 Å². The van der Waals surface area contributed by atoms with Crippen molar-refractivity contribution in [1.29, 1.82) is 5.26 Å². The Morgan fingerprint density at radius 1 is 1.22 bits per heavy atom. The molecule has 0 spiro atoms. The first kappa shape index (κ1) is 18.1. The van der Waals surface area contributed by atoms with Gasteiger partial charge in [0.15, 0.2) is 5.82 Å². The zero-order chi connectivity index (χ0) is 19.6. The summed E-state index contributed by atoms with van der Waals surface area (Å²) in [7, 11) is 0. The number of H-pyrrole nitrogens is 1. The molecule has 138 valence electrons. The van der Waals surface area contributed by atoms with E-state index in [1.54, 1.807) is 24.3 Å². The number of nitriles is 1. The van der Waals surface area contributed by atoms with E-state index in [9.17, 15) is 15.5 Å². The van der Waals surface area contributed by atoms with E-state index >= 15 is 0 Å². The fourth-order valence-electron chi connectivity index (χ4n) is 2.50. The number of aromatic nitrogens is 4. The van der Waals surface area contributed by atoms with E-state index < -0.39 is 5.88 Å². The van der Waals surface area contributed by atoms with Crippen molar-refractivity contribution in [3.05, 3.63) is 41.6 Å². The summed E-state index contributed by atoms with van der Waals surface area (Å²) < 4.78 is 1.15. The molecule has 0 aliphatic heterocycles. The van der Waals surface area contributed by atoms with Crippen LogP contribution in [0.5, 0.6) is 11.8 Å². The Morgan fingerprint density at radius 2 is 1.93 bits per heavy atom. The molecule has 2 heterocycles. The molecule has 0 aliphatic carbocycles. The molecule has 0 unspecified atom stereocenters. The number of hydrogen-bond donors (Lipinski definition) is 3. The van der Waals surface area contributed by atoms with Gasteiger partial charge in [-0.05, 0) is 18.6 Å². The smallest absolute Gasteiger partial charge is 0.263 e. The van der Waals surface area contributed by atoms with Crippen LogP contribution in [0.2, 0.25) is 0 Å². The molecule has 0 saturated carbocycles. The highest BCUT2D eigenvalue weighted by molar-refractivity contribution is 5.58. The first-order valence-electron chi connectivity index (χ1n) is 8.36. The molecule has 27 heavy (non-hydrogen) atoms. The summed E-state index contributed by atoms with van der Waals surface area (Å²) in [5.41, 5.74) is 0.916. The minimum atomic E-state index is -0.479. The second-order valence-corrected chi connectivity index (χ2v) is 6.59. The van der Waals surface area contributed by atoms with Crippen molar-refractivity contribution in [3.63, 3.8) is 0 Å². The molecule has 0 bridgehead atoms. The lowest BCUT2D eigenvalue weighted by Crippen LogP contribution is -2.17. The van der Waals surface area contributed by atoms with Crippen LogP contribution >= 0.6 is 0 Å². The molecular weight excluding hydrogens is 346 g/mol. The second kappa shape index (κ2) is 6.92. The molecule has 0 amide bonds. The summed E-state index contributed by atoms with van der Waals surface area (Å²) >= 11 is 0. The van der Waals surface area contributed by atoms with Crippen LogP contribution in [-0.4, -0.2) is 30.2 Å². The lowest BCUT2D eigenvalue weighted by atomic mass is 9.84. The van der Waals surface area contributed by atoms with Crippen LogP contribution in [0.3, 0.4) is 0 Å². The average molecular weight is 365 g/mol. The molecule has 3 rings (SSSR count). The lowest BCUT2D eigenvalue weighted by molar-refractivity contribution is 0.430. The van der Waals surface area contributed by atoms with Crippen molar-refractivity contribution in [2.75, 3.05) is 0 Å². The van der Waals surface area contributed by atoms with Gasteiger partial charge in [-0.2, -0.15) is 15.0 Å². The van der Waals surface area contributed by atoms with Crippen LogP contribution in [0.1, 0.15) is 38.4 Å². The van der Waals surface area contributed by atoms with Gasteiger partial charge in [0.05, 0.1) is 11.4 Å². The molecule has 1 aromatic carbocycles. The summed E-state index contributed by atoms with van der Waals surface area (Å²) in [6, 6.07) is 10.9. The molecule has 0 aliphatic rings. The number of hydrogen-bond acceptors (Lipinski definition) is 7. The quantitative estimate of drug-likeness (QED) is 0.588. The zero-order valence-electron chi connectivity index (χ0n) is 15.2. The molecule has 9 nitrogen and oxygen atoms in total. The molecule has 0 atom stereocenters. The largest absolute Gasteiger partial charge is 0.492 e. The Bertz CT molecular complexity index is 1030. The van der Waals surface area contributed by atoms with Gasteiger partial charge in [0, 0.05) is 5.41 Å². The number of nitrogens with one attached hydrogen (secondary N) is 1. The number of rotatable bonds is 5. The van der Waals surface area contributed by atoms with Gasteiger partial charge in [-0.3, -0.25) is 5.10 Å². The molecular formula is C18H19N7O2. The standard InChI is InChI=1S/C18H19N7O2/c1-4-18(2,3)14-12(10-19)15(23-21-14)22-20-13-16(26)24-25(17(13)27)11-8-6-5-7-9-11/h5-9,27H,4H2,1-3H3,(H,21,23)(H,24,26)/b22-20+. The second-order valence-electron chi connectivity index (χ2n) is 6.59. The summed E-state index contributed by atoms with van der Waals surface area (Å²) in [6.45, 7) is 5.96. The van der Waals surface area contributed by atoms with Crippen LogP contribution in [0.25, 0.3) is 5.69 Å². The van der Waals surface area contributed by atoms with Gasteiger partial charge >= 0.3 is 0 Å². The van der Waals surface area contributed by atoms with Gasteiger partial charge < -0.3 is 10.2 Å². The summed E-state index contributed by atoms with van der Waals surface area (Å²) in [5.74, 6) is -0.692. The van der Waals surface area contributed by atoms with E-state index in [-0.39, 0.29) is 28.4 Å². The summed E-state index contributed by atoms with van der Waals surface area (Å²) in [5, 5.41) is 48.4. The van der Waals surface area contributed by atoms with Gasteiger partial charge in [-0.15, -0.1) is 15.3 Å². The highest BCUT2D eigenvalue weighted by atomic mass is 16.3. The van der Waals surface area contributed by atoms with Crippen LogP contribution in [0.4, 0.5) is 11.5 Å². The molecule has 3 aromatic rings.